The van der Waals surface area contributed by atoms with Gasteiger partial charge in [0.2, 0.25) is 5.95 Å². The molecule has 10 heavy (non-hydrogen) atoms. The first-order valence-electron chi connectivity index (χ1n) is 3.04. The lowest BCUT2D eigenvalue weighted by atomic mass is 10.6. The van der Waals surface area contributed by atoms with E-state index in [9.17, 15) is 0 Å². The minimum Gasteiger partial charge on any atom is -0.355 e. The van der Waals surface area contributed by atoms with Gasteiger partial charge in [-0.3, -0.25) is 0 Å². The Balaban J connectivity index is 2.69. The zero-order chi connectivity index (χ0) is 7.40. The summed E-state index contributed by atoms with van der Waals surface area (Å²) in [5.41, 5.74) is 0. The number of halogens is 1. The number of hydrogen-bond donors (Lipinski definition) is 1. The van der Waals surface area contributed by atoms with Gasteiger partial charge in [-0.05, 0) is 29.5 Å². The molecule has 0 radical (unpaired) electrons. The molecule has 0 aromatic carbocycles. The molecule has 0 fully saturated rings. The van der Waals surface area contributed by atoms with Gasteiger partial charge in [-0.2, -0.15) is 0 Å². The van der Waals surface area contributed by atoms with Crippen molar-refractivity contribution in [3.63, 3.8) is 0 Å². The third kappa shape index (κ3) is 2.09. The number of aromatic nitrogens is 2. The van der Waals surface area contributed by atoms with Crippen molar-refractivity contribution in [2.24, 2.45) is 0 Å². The van der Waals surface area contributed by atoms with Crippen molar-refractivity contribution in [3.8, 4) is 0 Å². The standard InChI is InChI=1S/C6H8IN3/c1-2-8-6-9-3-5(7)4-10-6/h3-4H,2H2,1H3,(H,8,9,10). The third-order valence-electron chi connectivity index (χ3n) is 0.955. The average Bonchev–Trinajstić information content (AvgIpc) is 1.95. The van der Waals surface area contributed by atoms with Crippen LogP contribution in [-0.2, 0) is 0 Å². The highest BCUT2D eigenvalue weighted by Gasteiger charge is 1.90. The summed E-state index contributed by atoms with van der Waals surface area (Å²) >= 11 is 2.17. The summed E-state index contributed by atoms with van der Waals surface area (Å²) in [6, 6.07) is 0. The highest BCUT2D eigenvalue weighted by Crippen LogP contribution is 2.01. The average molecular weight is 249 g/mol. The van der Waals surface area contributed by atoms with Crippen LogP contribution in [0.3, 0.4) is 0 Å². The number of hydrogen-bond acceptors (Lipinski definition) is 3. The quantitative estimate of drug-likeness (QED) is 0.807. The van der Waals surface area contributed by atoms with E-state index in [2.05, 4.69) is 37.9 Å². The molecule has 1 N–H and O–H groups in total. The Hall–Kier alpha value is -0.390. The molecule has 0 bridgehead atoms. The van der Waals surface area contributed by atoms with Gasteiger partial charge in [0.1, 0.15) is 0 Å². The van der Waals surface area contributed by atoms with E-state index in [1.54, 1.807) is 12.4 Å². The van der Waals surface area contributed by atoms with Gasteiger partial charge in [0.05, 0.1) is 0 Å². The van der Waals surface area contributed by atoms with Gasteiger partial charge in [0.15, 0.2) is 0 Å². The molecule has 0 aliphatic rings. The first-order valence-corrected chi connectivity index (χ1v) is 4.12. The van der Waals surface area contributed by atoms with Gasteiger partial charge in [0.25, 0.3) is 0 Å². The zero-order valence-electron chi connectivity index (χ0n) is 5.63. The van der Waals surface area contributed by atoms with Crippen LogP contribution in [0.15, 0.2) is 12.4 Å². The van der Waals surface area contributed by atoms with Crippen molar-refractivity contribution >= 4 is 28.5 Å². The minimum atomic E-state index is 0.697. The fourth-order valence-corrected chi connectivity index (χ4v) is 0.840. The van der Waals surface area contributed by atoms with E-state index in [4.69, 9.17) is 0 Å². The van der Waals surface area contributed by atoms with Gasteiger partial charge < -0.3 is 5.32 Å². The molecule has 1 heterocycles. The Labute approximate surface area is 73.4 Å². The second-order valence-electron chi connectivity index (χ2n) is 1.76. The summed E-state index contributed by atoms with van der Waals surface area (Å²) in [7, 11) is 0. The van der Waals surface area contributed by atoms with Gasteiger partial charge in [-0.1, -0.05) is 0 Å². The van der Waals surface area contributed by atoms with Crippen LogP contribution in [0, 0.1) is 3.57 Å². The van der Waals surface area contributed by atoms with E-state index < -0.39 is 0 Å². The molecule has 3 nitrogen and oxygen atoms in total. The van der Waals surface area contributed by atoms with Crippen molar-refractivity contribution in [1.29, 1.82) is 0 Å². The van der Waals surface area contributed by atoms with Crippen LogP contribution in [0.2, 0.25) is 0 Å². The molecular formula is C6H8IN3. The lowest BCUT2D eigenvalue weighted by Crippen LogP contribution is -2.01. The Morgan fingerprint density at radius 2 is 2.10 bits per heavy atom. The van der Waals surface area contributed by atoms with Crippen molar-refractivity contribution in [3.05, 3.63) is 16.0 Å². The molecule has 0 saturated heterocycles. The van der Waals surface area contributed by atoms with E-state index in [0.717, 1.165) is 10.1 Å². The van der Waals surface area contributed by atoms with Crippen LogP contribution in [0.4, 0.5) is 5.95 Å². The van der Waals surface area contributed by atoms with Crippen LogP contribution < -0.4 is 5.32 Å². The van der Waals surface area contributed by atoms with E-state index in [1.165, 1.54) is 0 Å². The van der Waals surface area contributed by atoms with Crippen molar-refractivity contribution in [2.75, 3.05) is 11.9 Å². The van der Waals surface area contributed by atoms with Gasteiger partial charge in [0, 0.05) is 22.5 Å². The molecule has 4 heteroatoms. The molecule has 1 aromatic rings. The first kappa shape index (κ1) is 7.71. The molecule has 0 aliphatic carbocycles. The number of anilines is 1. The predicted molar refractivity (Wildman–Crippen MR) is 48.9 cm³/mol. The minimum absolute atomic E-state index is 0.697. The summed E-state index contributed by atoms with van der Waals surface area (Å²) in [6.07, 6.45) is 3.57. The van der Waals surface area contributed by atoms with Gasteiger partial charge >= 0.3 is 0 Å². The molecule has 0 atom stereocenters. The van der Waals surface area contributed by atoms with Gasteiger partial charge in [-0.25, -0.2) is 9.97 Å². The SMILES string of the molecule is CCNc1ncc(I)cn1. The lowest BCUT2D eigenvalue weighted by molar-refractivity contribution is 1.08. The molecule has 0 saturated carbocycles. The van der Waals surface area contributed by atoms with E-state index in [0.29, 0.717) is 5.95 Å². The maximum Gasteiger partial charge on any atom is 0.222 e. The largest absolute Gasteiger partial charge is 0.355 e. The summed E-state index contributed by atoms with van der Waals surface area (Å²) in [5, 5.41) is 3.01. The Morgan fingerprint density at radius 3 is 2.60 bits per heavy atom. The summed E-state index contributed by atoms with van der Waals surface area (Å²) < 4.78 is 1.05. The van der Waals surface area contributed by atoms with Crippen LogP contribution in [0.25, 0.3) is 0 Å². The predicted octanol–water partition coefficient (Wildman–Crippen LogP) is 1.51. The maximum atomic E-state index is 4.04. The monoisotopic (exact) mass is 249 g/mol. The Morgan fingerprint density at radius 1 is 1.50 bits per heavy atom. The van der Waals surface area contributed by atoms with Crippen LogP contribution in [-0.4, -0.2) is 16.5 Å². The second kappa shape index (κ2) is 3.70. The van der Waals surface area contributed by atoms with Crippen LogP contribution in [0.1, 0.15) is 6.92 Å². The van der Waals surface area contributed by atoms with Crippen LogP contribution in [0.5, 0.6) is 0 Å². The fraction of sp³-hybridized carbons (Fsp3) is 0.333. The highest BCUT2D eigenvalue weighted by atomic mass is 127. The molecule has 1 rings (SSSR count). The van der Waals surface area contributed by atoms with Crippen molar-refractivity contribution < 1.29 is 0 Å². The summed E-state index contributed by atoms with van der Waals surface area (Å²) in [6.45, 7) is 2.88. The molecule has 0 unspecified atom stereocenters. The molecular weight excluding hydrogens is 241 g/mol. The molecule has 0 aliphatic heterocycles. The number of rotatable bonds is 2. The van der Waals surface area contributed by atoms with Gasteiger partial charge in [-0.15, -0.1) is 0 Å². The fourth-order valence-electron chi connectivity index (χ4n) is 0.562. The molecule has 0 spiro atoms. The Kier molecular flexibility index (Phi) is 2.85. The summed E-state index contributed by atoms with van der Waals surface area (Å²) in [4.78, 5) is 8.08. The maximum absolute atomic E-state index is 4.04. The number of nitrogens with one attached hydrogen (secondary N) is 1. The lowest BCUT2D eigenvalue weighted by Gasteiger charge is -1.98. The molecule has 0 amide bonds. The zero-order valence-corrected chi connectivity index (χ0v) is 7.79. The third-order valence-corrected chi connectivity index (χ3v) is 1.51. The smallest absolute Gasteiger partial charge is 0.222 e. The summed E-state index contributed by atoms with van der Waals surface area (Å²) in [5.74, 6) is 0.697. The van der Waals surface area contributed by atoms with Crippen LogP contribution >= 0.6 is 22.6 Å². The first-order chi connectivity index (χ1) is 4.83. The van der Waals surface area contributed by atoms with E-state index in [1.807, 2.05) is 6.92 Å². The molecule has 54 valence electrons. The highest BCUT2D eigenvalue weighted by molar-refractivity contribution is 14.1. The van der Waals surface area contributed by atoms with Crippen molar-refractivity contribution in [2.45, 2.75) is 6.92 Å². The Bertz CT molecular complexity index is 197. The normalized spacial score (nSPS) is 9.40. The topological polar surface area (TPSA) is 37.8 Å². The van der Waals surface area contributed by atoms with E-state index in [-0.39, 0.29) is 0 Å². The second-order valence-corrected chi connectivity index (χ2v) is 3.00. The molecule has 1 aromatic heterocycles. The van der Waals surface area contributed by atoms with Crippen molar-refractivity contribution in [1.82, 2.24) is 9.97 Å². The number of nitrogens with zero attached hydrogens (tertiary/aromatic N) is 2. The van der Waals surface area contributed by atoms with E-state index >= 15 is 0 Å².